The molecule has 0 fully saturated rings. The van der Waals surface area contributed by atoms with Gasteiger partial charge in [0.1, 0.15) is 6.04 Å². The van der Waals surface area contributed by atoms with Crippen LogP contribution in [0.25, 0.3) is 0 Å². The van der Waals surface area contributed by atoms with Gasteiger partial charge in [-0.1, -0.05) is 18.2 Å². The molecule has 0 unspecified atom stereocenters. The number of hydrogen-bond donors (Lipinski definition) is 2. The zero-order chi connectivity index (χ0) is 11.4. The summed E-state index contributed by atoms with van der Waals surface area (Å²) < 4.78 is 0. The smallest absolute Gasteiger partial charge is 0.412 e. The molecule has 0 aliphatic heterocycles. The molecule has 1 rings (SSSR count). The molecule has 0 aliphatic rings. The Morgan fingerprint density at radius 2 is 1.73 bits per heavy atom. The predicted molar refractivity (Wildman–Crippen MR) is 54.0 cm³/mol. The molecule has 2 N–H and O–H groups in total. The third kappa shape index (κ3) is 2.46. The van der Waals surface area contributed by atoms with Gasteiger partial charge < -0.3 is 10.2 Å². The van der Waals surface area contributed by atoms with Crippen LogP contribution < -0.4 is 4.90 Å². The molecular formula is C10H11NO4. The summed E-state index contributed by atoms with van der Waals surface area (Å²) in [7, 11) is 0. The second kappa shape index (κ2) is 4.45. The highest BCUT2D eigenvalue weighted by molar-refractivity contribution is 5.93. The normalized spacial score (nSPS) is 11.8. The Hall–Kier alpha value is -2.04. The first kappa shape index (κ1) is 11.0. The fourth-order valence-corrected chi connectivity index (χ4v) is 1.20. The van der Waals surface area contributed by atoms with Gasteiger partial charge in [0.05, 0.1) is 0 Å². The summed E-state index contributed by atoms with van der Waals surface area (Å²) >= 11 is 0. The number of amides is 1. The number of anilines is 1. The van der Waals surface area contributed by atoms with Crippen LogP contribution in [0.2, 0.25) is 0 Å². The van der Waals surface area contributed by atoms with Crippen LogP contribution in [-0.2, 0) is 4.79 Å². The molecule has 5 heteroatoms. The third-order valence-electron chi connectivity index (χ3n) is 1.99. The lowest BCUT2D eigenvalue weighted by molar-refractivity contribution is -0.138. The van der Waals surface area contributed by atoms with Crippen molar-refractivity contribution in [3.05, 3.63) is 30.3 Å². The number of benzene rings is 1. The molecule has 15 heavy (non-hydrogen) atoms. The minimum absolute atomic E-state index is 0.347. The van der Waals surface area contributed by atoms with E-state index in [9.17, 15) is 9.59 Å². The SMILES string of the molecule is C[C@@H](C(=O)O)N(C(=O)O)c1ccccc1. The van der Waals surface area contributed by atoms with Crippen molar-refractivity contribution < 1.29 is 19.8 Å². The Morgan fingerprint density at radius 1 is 1.20 bits per heavy atom. The first-order valence-electron chi connectivity index (χ1n) is 4.34. The summed E-state index contributed by atoms with van der Waals surface area (Å²) in [6.07, 6.45) is -1.28. The third-order valence-corrected chi connectivity index (χ3v) is 1.99. The minimum Gasteiger partial charge on any atom is -0.480 e. The molecule has 0 saturated carbocycles. The summed E-state index contributed by atoms with van der Waals surface area (Å²) in [4.78, 5) is 22.4. The molecule has 0 spiro atoms. The van der Waals surface area contributed by atoms with Gasteiger partial charge in [0.2, 0.25) is 0 Å². The molecule has 1 aromatic carbocycles. The fraction of sp³-hybridized carbons (Fsp3) is 0.200. The van der Waals surface area contributed by atoms with Gasteiger partial charge >= 0.3 is 12.1 Å². The van der Waals surface area contributed by atoms with E-state index in [0.29, 0.717) is 5.69 Å². The molecule has 0 aromatic heterocycles. The second-order valence-electron chi connectivity index (χ2n) is 3.00. The quantitative estimate of drug-likeness (QED) is 0.793. The van der Waals surface area contributed by atoms with E-state index in [4.69, 9.17) is 10.2 Å². The molecular weight excluding hydrogens is 198 g/mol. The summed E-state index contributed by atoms with van der Waals surface area (Å²) in [6, 6.07) is 7.03. The number of nitrogens with zero attached hydrogens (tertiary/aromatic N) is 1. The van der Waals surface area contributed by atoms with Gasteiger partial charge in [-0.25, -0.2) is 9.59 Å². The second-order valence-corrected chi connectivity index (χ2v) is 3.00. The van der Waals surface area contributed by atoms with Crippen LogP contribution in [0, 0.1) is 0 Å². The molecule has 0 radical (unpaired) electrons. The van der Waals surface area contributed by atoms with Gasteiger partial charge in [-0.15, -0.1) is 0 Å². The van der Waals surface area contributed by atoms with E-state index >= 15 is 0 Å². The number of carboxylic acid groups (broad SMARTS) is 2. The lowest BCUT2D eigenvalue weighted by Gasteiger charge is -2.23. The molecule has 5 nitrogen and oxygen atoms in total. The highest BCUT2D eigenvalue weighted by atomic mass is 16.4. The van der Waals surface area contributed by atoms with Crippen molar-refractivity contribution in [2.24, 2.45) is 0 Å². The fourth-order valence-electron chi connectivity index (χ4n) is 1.20. The van der Waals surface area contributed by atoms with E-state index in [1.165, 1.54) is 6.92 Å². The van der Waals surface area contributed by atoms with Crippen LogP contribution >= 0.6 is 0 Å². The van der Waals surface area contributed by atoms with Gasteiger partial charge in [0.25, 0.3) is 0 Å². The van der Waals surface area contributed by atoms with E-state index < -0.39 is 18.1 Å². The molecule has 80 valence electrons. The van der Waals surface area contributed by atoms with Gasteiger partial charge in [0.15, 0.2) is 0 Å². The van der Waals surface area contributed by atoms with Crippen molar-refractivity contribution in [1.82, 2.24) is 0 Å². The van der Waals surface area contributed by atoms with Crippen LogP contribution in [-0.4, -0.2) is 28.3 Å². The molecule has 0 aliphatic carbocycles. The first-order valence-corrected chi connectivity index (χ1v) is 4.34. The van der Waals surface area contributed by atoms with E-state index in [2.05, 4.69) is 0 Å². The molecule has 0 heterocycles. The average molecular weight is 209 g/mol. The van der Waals surface area contributed by atoms with Crippen molar-refractivity contribution in [2.45, 2.75) is 13.0 Å². The Balaban J connectivity index is 3.04. The Kier molecular flexibility index (Phi) is 3.28. The standard InChI is InChI=1S/C10H11NO4/c1-7(9(12)13)11(10(14)15)8-5-3-2-4-6-8/h2-7H,1H3,(H,12,13)(H,14,15)/t7-/m0/s1. The number of carboxylic acids is 1. The van der Waals surface area contributed by atoms with Crippen molar-refractivity contribution in [3.8, 4) is 0 Å². The maximum Gasteiger partial charge on any atom is 0.412 e. The first-order chi connectivity index (χ1) is 7.04. The summed E-state index contributed by atoms with van der Waals surface area (Å²) in [5, 5.41) is 17.7. The number of para-hydroxylation sites is 1. The lowest BCUT2D eigenvalue weighted by atomic mass is 10.2. The summed E-state index contributed by atoms with van der Waals surface area (Å²) in [5.41, 5.74) is 0.347. The zero-order valence-electron chi connectivity index (χ0n) is 8.12. The number of rotatable bonds is 3. The van der Waals surface area contributed by atoms with Crippen molar-refractivity contribution in [2.75, 3.05) is 4.90 Å². The number of carbonyl (C=O) groups is 2. The van der Waals surface area contributed by atoms with Crippen molar-refractivity contribution in [3.63, 3.8) is 0 Å². The number of hydrogen-bond acceptors (Lipinski definition) is 2. The van der Waals surface area contributed by atoms with Gasteiger partial charge in [-0.3, -0.25) is 4.90 Å². The number of aliphatic carboxylic acids is 1. The van der Waals surface area contributed by atoms with E-state index in [-0.39, 0.29) is 0 Å². The van der Waals surface area contributed by atoms with Gasteiger partial charge in [-0.2, -0.15) is 0 Å². The molecule has 1 aromatic rings. The van der Waals surface area contributed by atoms with Crippen LogP contribution in [0.3, 0.4) is 0 Å². The van der Waals surface area contributed by atoms with Gasteiger partial charge in [0, 0.05) is 5.69 Å². The summed E-state index contributed by atoms with van der Waals surface area (Å²) in [6.45, 7) is 1.32. The highest BCUT2D eigenvalue weighted by Crippen LogP contribution is 2.16. The van der Waals surface area contributed by atoms with Crippen molar-refractivity contribution in [1.29, 1.82) is 0 Å². The highest BCUT2D eigenvalue weighted by Gasteiger charge is 2.26. The summed E-state index contributed by atoms with van der Waals surface area (Å²) in [5.74, 6) is -1.18. The lowest BCUT2D eigenvalue weighted by Crippen LogP contribution is -2.42. The molecule has 1 amide bonds. The minimum atomic E-state index is -1.28. The Bertz CT molecular complexity index is 363. The zero-order valence-corrected chi connectivity index (χ0v) is 8.12. The van der Waals surface area contributed by atoms with E-state index in [0.717, 1.165) is 4.90 Å². The maximum absolute atomic E-state index is 10.9. The van der Waals surface area contributed by atoms with E-state index in [1.54, 1.807) is 30.3 Å². The van der Waals surface area contributed by atoms with Crippen molar-refractivity contribution >= 4 is 17.7 Å². The predicted octanol–water partition coefficient (Wildman–Crippen LogP) is 1.64. The topological polar surface area (TPSA) is 77.8 Å². The largest absolute Gasteiger partial charge is 0.480 e. The maximum atomic E-state index is 10.9. The Labute approximate surface area is 86.6 Å². The van der Waals surface area contributed by atoms with Gasteiger partial charge in [-0.05, 0) is 19.1 Å². The molecule has 0 saturated heterocycles. The van der Waals surface area contributed by atoms with E-state index in [1.807, 2.05) is 0 Å². The average Bonchev–Trinajstić information content (AvgIpc) is 2.18. The van der Waals surface area contributed by atoms with Crippen LogP contribution in [0.1, 0.15) is 6.92 Å². The molecule has 0 bridgehead atoms. The Morgan fingerprint density at radius 3 is 2.13 bits per heavy atom. The van der Waals surface area contributed by atoms with Crippen LogP contribution in [0.5, 0.6) is 0 Å². The molecule has 1 atom stereocenters. The van der Waals surface area contributed by atoms with Crippen LogP contribution in [0.4, 0.5) is 10.5 Å². The van der Waals surface area contributed by atoms with Crippen LogP contribution in [0.15, 0.2) is 30.3 Å². The monoisotopic (exact) mass is 209 g/mol.